The van der Waals surface area contributed by atoms with Gasteiger partial charge in [-0.3, -0.25) is 0 Å². The van der Waals surface area contributed by atoms with E-state index in [9.17, 15) is 0 Å². The van der Waals surface area contributed by atoms with Gasteiger partial charge in [0.05, 0.1) is 0 Å². The predicted molar refractivity (Wildman–Crippen MR) is 91.7 cm³/mol. The molecule has 1 heterocycles. The summed E-state index contributed by atoms with van der Waals surface area (Å²) in [6.07, 6.45) is 2.41. The first-order chi connectivity index (χ1) is 9.81. The zero-order valence-electron chi connectivity index (χ0n) is 11.9. The number of hydrogen-bond acceptors (Lipinski definition) is 1. The molecule has 104 valence electrons. The van der Waals surface area contributed by atoms with Gasteiger partial charge in [0, 0.05) is 28.4 Å². The van der Waals surface area contributed by atoms with Crippen LogP contribution < -0.4 is 0 Å². The van der Waals surface area contributed by atoms with Crippen LogP contribution in [-0.2, 0) is 6.54 Å². The van der Waals surface area contributed by atoms with Crippen LogP contribution in [0.2, 0.25) is 0 Å². The highest BCUT2D eigenvalue weighted by molar-refractivity contribution is 7.80. The predicted octanol–water partition coefficient (Wildman–Crippen LogP) is 5.14. The molecule has 1 aromatic heterocycles. The number of thiol groups is 1. The first-order valence-electron chi connectivity index (χ1n) is 7.38. The van der Waals surface area contributed by atoms with E-state index in [1.165, 1.54) is 34.6 Å². The van der Waals surface area contributed by atoms with Gasteiger partial charge >= 0.3 is 0 Å². The van der Waals surface area contributed by atoms with Crippen molar-refractivity contribution in [1.82, 2.24) is 4.57 Å². The van der Waals surface area contributed by atoms with E-state index in [1.54, 1.807) is 0 Å². The first kappa shape index (κ1) is 13.6. The Bertz CT molecular complexity index is 660. The Morgan fingerprint density at radius 3 is 2.00 bits per heavy atom. The van der Waals surface area contributed by atoms with Crippen molar-refractivity contribution in [3.8, 4) is 0 Å². The molecule has 0 aliphatic heterocycles. The first-order valence-corrected chi connectivity index (χ1v) is 8.01. The molecule has 0 amide bonds. The van der Waals surface area contributed by atoms with Crippen LogP contribution in [0.5, 0.6) is 0 Å². The summed E-state index contributed by atoms with van der Waals surface area (Å²) in [5.74, 6) is 1.71. The van der Waals surface area contributed by atoms with Crippen LogP contribution in [-0.4, -0.2) is 10.3 Å². The van der Waals surface area contributed by atoms with Crippen molar-refractivity contribution >= 4 is 34.4 Å². The van der Waals surface area contributed by atoms with Crippen LogP contribution in [0.4, 0.5) is 0 Å². The second-order valence-corrected chi connectivity index (χ2v) is 6.04. The Morgan fingerprint density at radius 1 is 0.900 bits per heavy atom. The Labute approximate surface area is 126 Å². The smallest absolute Gasteiger partial charge is 0.0491 e. The van der Waals surface area contributed by atoms with E-state index in [4.69, 9.17) is 0 Å². The van der Waals surface area contributed by atoms with E-state index in [2.05, 4.69) is 72.7 Å². The number of hydrogen-bond donors (Lipinski definition) is 1. The Balaban J connectivity index is 2.03. The summed E-state index contributed by atoms with van der Waals surface area (Å²) in [7, 11) is 0. The van der Waals surface area contributed by atoms with Gasteiger partial charge in [0.2, 0.25) is 0 Å². The summed E-state index contributed by atoms with van der Waals surface area (Å²) in [6, 6.07) is 17.4. The summed E-state index contributed by atoms with van der Waals surface area (Å²) < 4.78 is 2.47. The molecule has 0 bridgehead atoms. The van der Waals surface area contributed by atoms with E-state index in [0.29, 0.717) is 0 Å². The van der Waals surface area contributed by atoms with E-state index in [-0.39, 0.29) is 0 Å². The van der Waals surface area contributed by atoms with Gasteiger partial charge in [-0.1, -0.05) is 43.3 Å². The molecular formula is C18H21NS. The average Bonchev–Trinajstić information content (AvgIpc) is 2.80. The molecule has 0 saturated carbocycles. The van der Waals surface area contributed by atoms with E-state index in [0.717, 1.165) is 18.2 Å². The van der Waals surface area contributed by atoms with Crippen LogP contribution in [0.1, 0.15) is 19.8 Å². The van der Waals surface area contributed by atoms with Crippen molar-refractivity contribution < 1.29 is 0 Å². The van der Waals surface area contributed by atoms with Gasteiger partial charge < -0.3 is 4.57 Å². The van der Waals surface area contributed by atoms with E-state index in [1.807, 2.05) is 0 Å². The number of fused-ring (bicyclic) bond motifs is 3. The number of para-hydroxylation sites is 2. The van der Waals surface area contributed by atoms with Crippen molar-refractivity contribution in [2.75, 3.05) is 5.75 Å². The monoisotopic (exact) mass is 283 g/mol. The molecule has 1 nitrogen and oxygen atoms in total. The molecule has 0 aliphatic rings. The van der Waals surface area contributed by atoms with E-state index < -0.39 is 0 Å². The summed E-state index contributed by atoms with van der Waals surface area (Å²) >= 11 is 4.34. The van der Waals surface area contributed by atoms with Crippen LogP contribution in [0.15, 0.2) is 48.5 Å². The van der Waals surface area contributed by atoms with E-state index >= 15 is 0 Å². The molecule has 2 heteroatoms. The number of nitrogens with zero attached hydrogens (tertiary/aromatic N) is 1. The maximum Gasteiger partial charge on any atom is 0.0491 e. The molecule has 1 atom stereocenters. The van der Waals surface area contributed by atoms with Crippen molar-refractivity contribution in [3.05, 3.63) is 48.5 Å². The number of aromatic nitrogens is 1. The molecule has 0 spiro atoms. The number of rotatable bonds is 5. The fourth-order valence-corrected chi connectivity index (χ4v) is 3.40. The highest BCUT2D eigenvalue weighted by Crippen LogP contribution is 2.29. The standard InChI is InChI=1S/C18H21NS/c1-14(11-13-20)10-12-19-17-8-4-2-6-15(17)16-7-3-5-9-18(16)19/h2-9,14,20H,10-13H2,1H3. The fourth-order valence-electron chi connectivity index (χ4n) is 2.96. The highest BCUT2D eigenvalue weighted by Gasteiger charge is 2.10. The molecule has 3 rings (SSSR count). The molecular weight excluding hydrogens is 262 g/mol. The van der Waals surface area contributed by atoms with Crippen molar-refractivity contribution in [2.24, 2.45) is 5.92 Å². The SMILES string of the molecule is CC(CCS)CCn1c2ccccc2c2ccccc21. The lowest BCUT2D eigenvalue weighted by molar-refractivity contribution is 0.482. The molecule has 0 N–H and O–H groups in total. The third kappa shape index (κ3) is 2.45. The van der Waals surface area contributed by atoms with Crippen LogP contribution in [0, 0.1) is 5.92 Å². The number of aryl methyl sites for hydroxylation is 1. The van der Waals surface area contributed by atoms with Gasteiger partial charge in [0.25, 0.3) is 0 Å². The Hall–Kier alpha value is -1.41. The lowest BCUT2D eigenvalue weighted by atomic mass is 10.1. The minimum atomic E-state index is 0.729. The van der Waals surface area contributed by atoms with Gasteiger partial charge in [0.15, 0.2) is 0 Å². The third-order valence-electron chi connectivity index (χ3n) is 4.15. The minimum absolute atomic E-state index is 0.729. The minimum Gasteiger partial charge on any atom is -0.340 e. The summed E-state index contributed by atoms with van der Waals surface area (Å²) in [6.45, 7) is 3.41. The zero-order chi connectivity index (χ0) is 13.9. The highest BCUT2D eigenvalue weighted by atomic mass is 32.1. The van der Waals surface area contributed by atoms with Crippen LogP contribution >= 0.6 is 12.6 Å². The lowest BCUT2D eigenvalue weighted by Gasteiger charge is -2.12. The Kier molecular flexibility index (Phi) is 4.02. The summed E-state index contributed by atoms with van der Waals surface area (Å²) in [4.78, 5) is 0. The van der Waals surface area contributed by atoms with Gasteiger partial charge in [0.1, 0.15) is 0 Å². The lowest BCUT2D eigenvalue weighted by Crippen LogP contribution is -2.04. The maximum absolute atomic E-state index is 4.34. The van der Waals surface area contributed by atoms with Gasteiger partial charge in [-0.15, -0.1) is 0 Å². The maximum atomic E-state index is 4.34. The third-order valence-corrected chi connectivity index (χ3v) is 4.41. The Morgan fingerprint density at radius 2 is 1.45 bits per heavy atom. The second kappa shape index (κ2) is 5.92. The largest absolute Gasteiger partial charge is 0.340 e. The van der Waals surface area contributed by atoms with Gasteiger partial charge in [-0.05, 0) is 36.6 Å². The molecule has 20 heavy (non-hydrogen) atoms. The quantitative estimate of drug-likeness (QED) is 0.619. The van der Waals surface area contributed by atoms with Crippen LogP contribution in [0.25, 0.3) is 21.8 Å². The molecule has 2 aromatic carbocycles. The molecule has 3 aromatic rings. The molecule has 0 radical (unpaired) electrons. The molecule has 0 saturated heterocycles. The molecule has 0 aliphatic carbocycles. The topological polar surface area (TPSA) is 4.93 Å². The van der Waals surface area contributed by atoms with Crippen molar-refractivity contribution in [2.45, 2.75) is 26.3 Å². The van der Waals surface area contributed by atoms with Crippen molar-refractivity contribution in [3.63, 3.8) is 0 Å². The molecule has 0 fully saturated rings. The van der Waals surface area contributed by atoms with Gasteiger partial charge in [-0.2, -0.15) is 12.6 Å². The van der Waals surface area contributed by atoms with Crippen molar-refractivity contribution in [1.29, 1.82) is 0 Å². The van der Waals surface area contributed by atoms with Gasteiger partial charge in [-0.25, -0.2) is 0 Å². The second-order valence-electron chi connectivity index (χ2n) is 5.59. The molecule has 1 unspecified atom stereocenters. The van der Waals surface area contributed by atoms with Crippen LogP contribution in [0.3, 0.4) is 0 Å². The zero-order valence-corrected chi connectivity index (χ0v) is 12.8. The normalized spacial score (nSPS) is 13.1. The average molecular weight is 283 g/mol. The fraction of sp³-hybridized carbons (Fsp3) is 0.333. The summed E-state index contributed by atoms with van der Waals surface area (Å²) in [5, 5.41) is 2.73. The summed E-state index contributed by atoms with van der Waals surface area (Å²) in [5.41, 5.74) is 2.71. The number of benzene rings is 2.